The van der Waals surface area contributed by atoms with E-state index >= 15 is 0 Å². The van der Waals surface area contributed by atoms with Gasteiger partial charge in [-0.05, 0) is 26.0 Å². The van der Waals surface area contributed by atoms with Gasteiger partial charge in [0, 0.05) is 35.1 Å². The molecule has 0 saturated carbocycles. The van der Waals surface area contributed by atoms with Crippen molar-refractivity contribution in [1.82, 2.24) is 0 Å². The van der Waals surface area contributed by atoms with E-state index in [1.807, 2.05) is 13.8 Å². The molecule has 24 heavy (non-hydrogen) atoms. The van der Waals surface area contributed by atoms with Gasteiger partial charge in [-0.3, -0.25) is 9.59 Å². The molecule has 0 heterocycles. The molecule has 0 saturated heterocycles. The fourth-order valence-corrected chi connectivity index (χ4v) is 2.99. The van der Waals surface area contributed by atoms with Crippen LogP contribution in [0.4, 0.5) is 11.4 Å². The highest BCUT2D eigenvalue weighted by Gasteiger charge is 2.33. The molecule has 1 aliphatic carbocycles. The lowest BCUT2D eigenvalue weighted by atomic mass is 9.82. The second-order valence-electron chi connectivity index (χ2n) is 6.06. The van der Waals surface area contributed by atoms with Crippen molar-refractivity contribution >= 4 is 22.9 Å². The van der Waals surface area contributed by atoms with E-state index < -0.39 is 0 Å². The first kappa shape index (κ1) is 16.2. The number of carbonyl (C=O) groups excluding carboxylic acids is 2. The number of fused-ring (bicyclic) bond motifs is 2. The van der Waals surface area contributed by atoms with Crippen LogP contribution in [-0.4, -0.2) is 35.9 Å². The summed E-state index contributed by atoms with van der Waals surface area (Å²) in [6.07, 6.45) is 0. The maximum absolute atomic E-state index is 13.0. The number of carbonyl (C=O) groups is 2. The van der Waals surface area contributed by atoms with E-state index in [1.54, 1.807) is 36.4 Å². The Hall–Kier alpha value is -2.66. The summed E-state index contributed by atoms with van der Waals surface area (Å²) in [4.78, 5) is 26.0. The van der Waals surface area contributed by atoms with Gasteiger partial charge in [-0.1, -0.05) is 24.3 Å². The van der Waals surface area contributed by atoms with E-state index in [0.717, 1.165) is 0 Å². The molecule has 2 aromatic rings. The van der Waals surface area contributed by atoms with Gasteiger partial charge in [0.15, 0.2) is 11.6 Å². The first-order valence-corrected chi connectivity index (χ1v) is 8.01. The zero-order valence-electron chi connectivity index (χ0n) is 13.7. The SMILES string of the molecule is CC(C)Nc1ccc(NCCO)c2c1C(=O)c1ccccc1C2=O. The molecule has 5 heteroatoms. The molecule has 3 rings (SSSR count). The summed E-state index contributed by atoms with van der Waals surface area (Å²) in [6.45, 7) is 4.22. The van der Waals surface area contributed by atoms with Crippen molar-refractivity contribution in [2.45, 2.75) is 19.9 Å². The summed E-state index contributed by atoms with van der Waals surface area (Å²) in [5.74, 6) is -0.330. The topological polar surface area (TPSA) is 78.4 Å². The van der Waals surface area contributed by atoms with Crippen molar-refractivity contribution in [3.63, 3.8) is 0 Å². The summed E-state index contributed by atoms with van der Waals surface area (Å²) >= 11 is 0. The van der Waals surface area contributed by atoms with Crippen LogP contribution in [0.5, 0.6) is 0 Å². The highest BCUT2D eigenvalue weighted by Crippen LogP contribution is 2.36. The average molecular weight is 324 g/mol. The van der Waals surface area contributed by atoms with Gasteiger partial charge in [-0.2, -0.15) is 0 Å². The van der Waals surface area contributed by atoms with Gasteiger partial charge in [0.1, 0.15) is 0 Å². The van der Waals surface area contributed by atoms with Gasteiger partial charge in [0.2, 0.25) is 0 Å². The summed E-state index contributed by atoms with van der Waals surface area (Å²) in [5.41, 5.74) is 2.85. The highest BCUT2D eigenvalue weighted by molar-refractivity contribution is 6.31. The Morgan fingerprint density at radius 2 is 1.46 bits per heavy atom. The molecular weight excluding hydrogens is 304 g/mol. The molecule has 0 aliphatic heterocycles. The quantitative estimate of drug-likeness (QED) is 0.672. The zero-order valence-corrected chi connectivity index (χ0v) is 13.7. The Morgan fingerprint density at radius 3 is 2.00 bits per heavy atom. The number of aliphatic hydroxyl groups is 1. The first-order valence-electron chi connectivity index (χ1n) is 8.01. The molecular formula is C19H20N2O3. The lowest BCUT2D eigenvalue weighted by Gasteiger charge is -2.24. The van der Waals surface area contributed by atoms with Gasteiger partial charge < -0.3 is 15.7 Å². The van der Waals surface area contributed by atoms with Gasteiger partial charge in [0.05, 0.1) is 17.7 Å². The standard InChI is InChI=1S/C19H20N2O3/c1-11(2)21-15-8-7-14(20-9-10-22)16-17(15)19(24)13-6-4-3-5-12(13)18(16)23/h3-8,11,20-22H,9-10H2,1-2H3. The predicted octanol–water partition coefficient (Wildman–Crippen LogP) is 2.69. The van der Waals surface area contributed by atoms with Crippen LogP contribution in [0.25, 0.3) is 0 Å². The third kappa shape index (κ3) is 2.67. The Bertz CT molecular complexity index is 812. The van der Waals surface area contributed by atoms with Crippen LogP contribution >= 0.6 is 0 Å². The number of anilines is 2. The first-order chi connectivity index (χ1) is 11.5. The van der Waals surface area contributed by atoms with Crippen molar-refractivity contribution < 1.29 is 14.7 Å². The largest absolute Gasteiger partial charge is 0.395 e. The van der Waals surface area contributed by atoms with Crippen LogP contribution in [0.15, 0.2) is 36.4 Å². The molecule has 0 amide bonds. The van der Waals surface area contributed by atoms with E-state index in [4.69, 9.17) is 5.11 Å². The lowest BCUT2D eigenvalue weighted by Crippen LogP contribution is -2.25. The fraction of sp³-hybridized carbons (Fsp3) is 0.263. The number of hydrogen-bond donors (Lipinski definition) is 3. The van der Waals surface area contributed by atoms with Crippen LogP contribution in [0, 0.1) is 0 Å². The summed E-state index contributed by atoms with van der Waals surface area (Å²) in [5, 5.41) is 15.3. The molecule has 1 aliphatic rings. The Kier molecular flexibility index (Phi) is 4.36. The fourth-order valence-electron chi connectivity index (χ4n) is 2.99. The number of rotatable bonds is 5. The smallest absolute Gasteiger partial charge is 0.196 e. The van der Waals surface area contributed by atoms with E-state index in [-0.39, 0.29) is 24.2 Å². The molecule has 3 N–H and O–H groups in total. The minimum Gasteiger partial charge on any atom is -0.395 e. The van der Waals surface area contributed by atoms with Gasteiger partial charge >= 0.3 is 0 Å². The van der Waals surface area contributed by atoms with Crippen LogP contribution in [0.1, 0.15) is 45.7 Å². The Balaban J connectivity index is 2.22. The van der Waals surface area contributed by atoms with E-state index in [2.05, 4.69) is 10.6 Å². The van der Waals surface area contributed by atoms with Crippen molar-refractivity contribution in [3.05, 3.63) is 58.7 Å². The molecule has 0 radical (unpaired) electrons. The molecule has 2 aromatic carbocycles. The number of aliphatic hydroxyl groups excluding tert-OH is 1. The van der Waals surface area contributed by atoms with Crippen molar-refractivity contribution in [1.29, 1.82) is 0 Å². The summed E-state index contributed by atoms with van der Waals surface area (Å²) in [6, 6.07) is 10.6. The van der Waals surface area contributed by atoms with Crippen LogP contribution in [-0.2, 0) is 0 Å². The lowest BCUT2D eigenvalue weighted by molar-refractivity contribution is 0.0980. The molecule has 0 aromatic heterocycles. The van der Waals surface area contributed by atoms with Crippen LogP contribution < -0.4 is 10.6 Å². The van der Waals surface area contributed by atoms with Crippen molar-refractivity contribution in [2.75, 3.05) is 23.8 Å². The van der Waals surface area contributed by atoms with Gasteiger partial charge in [-0.25, -0.2) is 0 Å². The molecule has 0 atom stereocenters. The van der Waals surface area contributed by atoms with Gasteiger partial charge in [-0.15, -0.1) is 0 Å². The van der Waals surface area contributed by atoms with Gasteiger partial charge in [0.25, 0.3) is 0 Å². The minimum absolute atomic E-state index is 0.0561. The highest BCUT2D eigenvalue weighted by atomic mass is 16.3. The van der Waals surface area contributed by atoms with E-state index in [1.165, 1.54) is 0 Å². The minimum atomic E-state index is -0.173. The summed E-state index contributed by atoms with van der Waals surface area (Å²) < 4.78 is 0. The molecule has 0 fully saturated rings. The molecule has 5 nitrogen and oxygen atoms in total. The number of ketones is 2. The number of nitrogens with one attached hydrogen (secondary N) is 2. The van der Waals surface area contributed by atoms with Crippen LogP contribution in [0.2, 0.25) is 0 Å². The monoisotopic (exact) mass is 324 g/mol. The van der Waals surface area contributed by atoms with Crippen LogP contribution in [0.3, 0.4) is 0 Å². The van der Waals surface area contributed by atoms with Crippen molar-refractivity contribution in [2.24, 2.45) is 0 Å². The Labute approximate surface area is 140 Å². The third-order valence-corrected chi connectivity index (χ3v) is 3.95. The second kappa shape index (κ2) is 6.45. The molecule has 0 bridgehead atoms. The second-order valence-corrected chi connectivity index (χ2v) is 6.06. The predicted molar refractivity (Wildman–Crippen MR) is 94.1 cm³/mol. The zero-order chi connectivity index (χ0) is 17.3. The normalized spacial score (nSPS) is 12.8. The number of benzene rings is 2. The number of hydrogen-bond acceptors (Lipinski definition) is 5. The Morgan fingerprint density at radius 1 is 0.917 bits per heavy atom. The molecule has 0 unspecified atom stereocenters. The van der Waals surface area contributed by atoms with E-state index in [0.29, 0.717) is 40.2 Å². The van der Waals surface area contributed by atoms with Crippen molar-refractivity contribution in [3.8, 4) is 0 Å². The molecule has 124 valence electrons. The maximum atomic E-state index is 13.0. The average Bonchev–Trinajstić information content (AvgIpc) is 2.57. The molecule has 0 spiro atoms. The third-order valence-electron chi connectivity index (χ3n) is 3.95. The summed E-state index contributed by atoms with van der Waals surface area (Å²) in [7, 11) is 0. The van der Waals surface area contributed by atoms with E-state index in [9.17, 15) is 9.59 Å². The maximum Gasteiger partial charge on any atom is 0.196 e.